The molecule has 0 aliphatic carbocycles. The van der Waals surface area contributed by atoms with Gasteiger partial charge in [0.25, 0.3) is 0 Å². The van der Waals surface area contributed by atoms with Crippen LogP contribution in [-0.2, 0) is 4.74 Å². The first-order chi connectivity index (χ1) is 8.65. The Bertz CT molecular complexity index is 439. The van der Waals surface area contributed by atoms with E-state index in [1.54, 1.807) is 6.92 Å². The lowest BCUT2D eigenvalue weighted by molar-refractivity contribution is 0.0521. The van der Waals surface area contributed by atoms with E-state index in [0.29, 0.717) is 18.5 Å². The average molecular weight is 269 g/mol. The van der Waals surface area contributed by atoms with E-state index >= 15 is 0 Å². The first-order valence-electron chi connectivity index (χ1n) is 6.24. The van der Waals surface area contributed by atoms with Gasteiger partial charge in [-0.15, -0.1) is 0 Å². The fourth-order valence-electron chi connectivity index (χ4n) is 2.32. The summed E-state index contributed by atoms with van der Waals surface area (Å²) in [6.07, 6.45) is 2.16. The summed E-state index contributed by atoms with van der Waals surface area (Å²) in [7, 11) is 0. The molecule has 1 fully saturated rings. The Morgan fingerprint density at radius 1 is 1.56 bits per heavy atom. The molecule has 18 heavy (non-hydrogen) atoms. The Labute approximate surface area is 111 Å². The number of hydrogen-bond donors (Lipinski definition) is 1. The molecule has 0 atom stereocenters. The maximum absolute atomic E-state index is 11.7. The molecule has 0 aromatic carbocycles. The third-order valence-corrected chi connectivity index (χ3v) is 4.20. The summed E-state index contributed by atoms with van der Waals surface area (Å²) in [6.45, 7) is 4.00. The molecule has 1 aromatic heterocycles. The highest BCUT2D eigenvalue weighted by Crippen LogP contribution is 2.31. The predicted octanol–water partition coefficient (Wildman–Crippen LogP) is 2.02. The van der Waals surface area contributed by atoms with Crippen LogP contribution in [0.1, 0.15) is 42.1 Å². The van der Waals surface area contributed by atoms with Gasteiger partial charge in [-0.25, -0.2) is 9.78 Å². The number of rotatable bonds is 3. The lowest BCUT2D eigenvalue weighted by Crippen LogP contribution is -2.18. The van der Waals surface area contributed by atoms with Gasteiger partial charge in [0.2, 0.25) is 0 Å². The SMILES string of the molecule is CCOC(=O)c1nc(C)n(C2CCSCC2)c1N. The maximum Gasteiger partial charge on any atom is 0.360 e. The molecule has 0 spiro atoms. The number of anilines is 1. The molecule has 0 unspecified atom stereocenters. The third kappa shape index (κ3) is 2.48. The van der Waals surface area contributed by atoms with E-state index in [0.717, 1.165) is 30.2 Å². The highest BCUT2D eigenvalue weighted by atomic mass is 32.2. The molecule has 100 valence electrons. The minimum absolute atomic E-state index is 0.257. The summed E-state index contributed by atoms with van der Waals surface area (Å²) < 4.78 is 6.96. The summed E-state index contributed by atoms with van der Waals surface area (Å²) in [5.74, 6) is 3.09. The van der Waals surface area contributed by atoms with Gasteiger partial charge in [-0.05, 0) is 38.2 Å². The fourth-order valence-corrected chi connectivity index (χ4v) is 3.40. The fraction of sp³-hybridized carbons (Fsp3) is 0.667. The van der Waals surface area contributed by atoms with E-state index in [9.17, 15) is 4.79 Å². The van der Waals surface area contributed by atoms with Crippen molar-refractivity contribution < 1.29 is 9.53 Å². The predicted molar refractivity (Wildman–Crippen MR) is 72.9 cm³/mol. The Morgan fingerprint density at radius 3 is 2.83 bits per heavy atom. The van der Waals surface area contributed by atoms with E-state index in [2.05, 4.69) is 4.98 Å². The number of nitrogen functional groups attached to an aromatic ring is 1. The van der Waals surface area contributed by atoms with Gasteiger partial charge >= 0.3 is 5.97 Å². The zero-order chi connectivity index (χ0) is 13.1. The van der Waals surface area contributed by atoms with Crippen LogP contribution in [0.4, 0.5) is 5.82 Å². The molecule has 1 aliphatic heterocycles. The van der Waals surface area contributed by atoms with Gasteiger partial charge in [-0.3, -0.25) is 0 Å². The van der Waals surface area contributed by atoms with Crippen LogP contribution in [0.15, 0.2) is 0 Å². The van der Waals surface area contributed by atoms with Gasteiger partial charge in [0.1, 0.15) is 11.6 Å². The normalized spacial score (nSPS) is 16.8. The molecular weight excluding hydrogens is 250 g/mol. The van der Waals surface area contributed by atoms with E-state index < -0.39 is 5.97 Å². The molecule has 0 saturated carbocycles. The molecule has 1 saturated heterocycles. The quantitative estimate of drug-likeness (QED) is 0.850. The summed E-state index contributed by atoms with van der Waals surface area (Å²) in [5.41, 5.74) is 6.32. The topological polar surface area (TPSA) is 70.1 Å². The van der Waals surface area contributed by atoms with E-state index in [4.69, 9.17) is 10.5 Å². The second kappa shape index (κ2) is 5.65. The number of aryl methyl sites for hydroxylation is 1. The molecule has 1 aliphatic rings. The van der Waals surface area contributed by atoms with Crippen molar-refractivity contribution in [1.29, 1.82) is 0 Å². The van der Waals surface area contributed by atoms with Crippen LogP contribution in [-0.4, -0.2) is 33.6 Å². The molecule has 2 N–H and O–H groups in total. The van der Waals surface area contributed by atoms with Crippen molar-refractivity contribution in [2.24, 2.45) is 0 Å². The van der Waals surface area contributed by atoms with Gasteiger partial charge in [0.05, 0.1) is 6.61 Å². The third-order valence-electron chi connectivity index (χ3n) is 3.15. The Balaban J connectivity index is 2.28. The van der Waals surface area contributed by atoms with Crippen LogP contribution in [0.5, 0.6) is 0 Å². The minimum Gasteiger partial charge on any atom is -0.461 e. The lowest BCUT2D eigenvalue weighted by Gasteiger charge is -2.24. The van der Waals surface area contributed by atoms with Gasteiger partial charge < -0.3 is 15.0 Å². The van der Waals surface area contributed by atoms with Crippen LogP contribution in [0, 0.1) is 6.92 Å². The van der Waals surface area contributed by atoms with Gasteiger partial charge in [-0.2, -0.15) is 11.8 Å². The van der Waals surface area contributed by atoms with Gasteiger partial charge in [0, 0.05) is 6.04 Å². The molecular formula is C12H19N3O2S. The summed E-state index contributed by atoms with van der Waals surface area (Å²) in [6, 6.07) is 0.363. The first-order valence-corrected chi connectivity index (χ1v) is 7.39. The lowest BCUT2D eigenvalue weighted by atomic mass is 10.1. The number of esters is 1. The van der Waals surface area contributed by atoms with Gasteiger partial charge in [0.15, 0.2) is 5.69 Å². The van der Waals surface area contributed by atoms with Crippen LogP contribution in [0.3, 0.4) is 0 Å². The van der Waals surface area contributed by atoms with Gasteiger partial charge in [-0.1, -0.05) is 0 Å². The van der Waals surface area contributed by atoms with Crippen molar-refractivity contribution in [1.82, 2.24) is 9.55 Å². The Hall–Kier alpha value is -1.17. The van der Waals surface area contributed by atoms with Crippen LogP contribution >= 0.6 is 11.8 Å². The molecule has 1 aromatic rings. The van der Waals surface area contributed by atoms with Crippen molar-refractivity contribution in [2.45, 2.75) is 32.7 Å². The number of hydrogen-bond acceptors (Lipinski definition) is 5. The second-order valence-electron chi connectivity index (χ2n) is 4.33. The number of nitrogens with two attached hydrogens (primary N) is 1. The zero-order valence-corrected chi connectivity index (χ0v) is 11.6. The van der Waals surface area contributed by atoms with E-state index in [1.165, 1.54) is 0 Å². The molecule has 2 heterocycles. The molecule has 0 radical (unpaired) electrons. The number of aromatic nitrogens is 2. The van der Waals surface area contributed by atoms with Crippen LogP contribution < -0.4 is 5.73 Å². The first kappa shape index (κ1) is 13.3. The van der Waals surface area contributed by atoms with Crippen molar-refractivity contribution >= 4 is 23.5 Å². The van der Waals surface area contributed by atoms with E-state index in [-0.39, 0.29) is 5.69 Å². The monoisotopic (exact) mass is 269 g/mol. The maximum atomic E-state index is 11.7. The van der Waals surface area contributed by atoms with Crippen molar-refractivity contribution in [2.75, 3.05) is 23.8 Å². The van der Waals surface area contributed by atoms with E-state index in [1.807, 2.05) is 23.3 Å². The largest absolute Gasteiger partial charge is 0.461 e. The molecule has 5 nitrogen and oxygen atoms in total. The molecule has 0 bridgehead atoms. The number of carbonyl (C=O) groups is 1. The summed E-state index contributed by atoms with van der Waals surface area (Å²) in [4.78, 5) is 16.0. The number of thioether (sulfide) groups is 1. The average Bonchev–Trinajstić information content (AvgIpc) is 2.66. The summed E-state index contributed by atoms with van der Waals surface area (Å²) in [5, 5.41) is 0. The van der Waals surface area contributed by atoms with Crippen LogP contribution in [0.2, 0.25) is 0 Å². The standard InChI is InChI=1S/C12H19N3O2S/c1-3-17-12(16)10-11(13)15(8(2)14-10)9-4-6-18-7-5-9/h9H,3-7,13H2,1-2H3. The highest BCUT2D eigenvalue weighted by molar-refractivity contribution is 7.99. The molecule has 6 heteroatoms. The molecule has 2 rings (SSSR count). The van der Waals surface area contributed by atoms with Crippen molar-refractivity contribution in [3.63, 3.8) is 0 Å². The Morgan fingerprint density at radius 2 is 2.22 bits per heavy atom. The van der Waals surface area contributed by atoms with Crippen molar-refractivity contribution in [3.05, 3.63) is 11.5 Å². The summed E-state index contributed by atoms with van der Waals surface area (Å²) >= 11 is 1.96. The molecule has 0 amide bonds. The minimum atomic E-state index is -0.429. The number of ether oxygens (including phenoxy) is 1. The number of carbonyl (C=O) groups excluding carboxylic acids is 1. The zero-order valence-electron chi connectivity index (χ0n) is 10.8. The number of nitrogens with zero attached hydrogens (tertiary/aromatic N) is 2. The highest BCUT2D eigenvalue weighted by Gasteiger charge is 2.25. The van der Waals surface area contributed by atoms with Crippen LogP contribution in [0.25, 0.3) is 0 Å². The number of imidazole rings is 1. The van der Waals surface area contributed by atoms with Crippen molar-refractivity contribution in [3.8, 4) is 0 Å². The Kier molecular flexibility index (Phi) is 4.16. The smallest absolute Gasteiger partial charge is 0.360 e. The second-order valence-corrected chi connectivity index (χ2v) is 5.55.